The second-order valence-electron chi connectivity index (χ2n) is 8.40. The van der Waals surface area contributed by atoms with Crippen molar-refractivity contribution in [1.29, 1.82) is 0 Å². The Kier molecular flexibility index (Phi) is 4.93. The van der Waals surface area contributed by atoms with E-state index >= 15 is 0 Å². The second kappa shape index (κ2) is 7.26. The van der Waals surface area contributed by atoms with Crippen LogP contribution in [0.3, 0.4) is 0 Å². The van der Waals surface area contributed by atoms with Crippen molar-refractivity contribution in [2.45, 2.75) is 51.9 Å². The number of carboxylic acids is 1. The molecule has 1 unspecified atom stereocenters. The Morgan fingerprint density at radius 3 is 2.36 bits per heavy atom. The molecule has 152 valence electrons. The maximum Gasteiger partial charge on any atom is 0.339 e. The molecule has 1 spiro atoms. The number of amides is 2. The van der Waals surface area contributed by atoms with Gasteiger partial charge in [-0.1, -0.05) is 6.92 Å². The number of aromatic carboxylic acids is 1. The number of hydrogen-bond acceptors (Lipinski definition) is 4. The average Bonchev–Trinajstić information content (AvgIpc) is 3.22. The maximum atomic E-state index is 12.8. The van der Waals surface area contributed by atoms with Crippen molar-refractivity contribution >= 4 is 17.8 Å². The molecule has 1 atom stereocenters. The van der Waals surface area contributed by atoms with Gasteiger partial charge in [0, 0.05) is 44.6 Å². The van der Waals surface area contributed by atoms with E-state index in [9.17, 15) is 19.5 Å². The monoisotopic (exact) mass is 388 g/mol. The Morgan fingerprint density at radius 1 is 1.11 bits per heavy atom. The number of carboxylic acid groups (broad SMARTS) is 1. The van der Waals surface area contributed by atoms with Gasteiger partial charge in [-0.05, 0) is 43.9 Å². The molecule has 2 amide bonds. The van der Waals surface area contributed by atoms with Gasteiger partial charge in [0.25, 0.3) is 5.91 Å². The van der Waals surface area contributed by atoms with Crippen LogP contribution in [-0.2, 0) is 11.2 Å². The number of carbonyl (C=O) groups excluding carboxylic acids is 2. The molecule has 3 heterocycles. The van der Waals surface area contributed by atoms with Crippen molar-refractivity contribution in [3.05, 3.63) is 23.2 Å². The van der Waals surface area contributed by atoms with E-state index in [0.29, 0.717) is 31.2 Å². The highest BCUT2D eigenvalue weighted by Crippen LogP contribution is 2.60. The molecule has 0 aromatic carbocycles. The predicted molar refractivity (Wildman–Crippen MR) is 101 cm³/mol. The molecule has 1 aliphatic carbocycles. The topological polar surface area (TPSA) is 91.1 Å². The van der Waals surface area contributed by atoms with Gasteiger partial charge in [-0.15, -0.1) is 0 Å². The van der Waals surface area contributed by atoms with Crippen molar-refractivity contribution < 1.29 is 23.9 Å². The molecule has 1 N–H and O–H groups in total. The number of carbonyl (C=O) groups is 3. The fraction of sp³-hybridized carbons (Fsp3) is 0.667. The van der Waals surface area contributed by atoms with Crippen LogP contribution in [0.1, 0.15) is 72.1 Å². The van der Waals surface area contributed by atoms with Crippen LogP contribution < -0.4 is 0 Å². The summed E-state index contributed by atoms with van der Waals surface area (Å²) in [6.45, 7) is 4.76. The van der Waals surface area contributed by atoms with Crippen LogP contribution in [0.2, 0.25) is 0 Å². The minimum Gasteiger partial charge on any atom is -0.478 e. The molecule has 0 radical (unpaired) electrons. The van der Waals surface area contributed by atoms with E-state index in [1.54, 1.807) is 11.8 Å². The first kappa shape index (κ1) is 19.0. The van der Waals surface area contributed by atoms with Gasteiger partial charge in [0.2, 0.25) is 5.91 Å². The molecule has 1 aromatic heterocycles. The van der Waals surface area contributed by atoms with E-state index in [1.165, 1.54) is 12.5 Å². The molecule has 3 aliphatic rings. The van der Waals surface area contributed by atoms with E-state index in [4.69, 9.17) is 4.42 Å². The third-order valence-corrected chi connectivity index (χ3v) is 6.77. The van der Waals surface area contributed by atoms with Crippen LogP contribution in [0.4, 0.5) is 0 Å². The molecule has 7 nitrogen and oxygen atoms in total. The third-order valence-electron chi connectivity index (χ3n) is 6.77. The van der Waals surface area contributed by atoms with Gasteiger partial charge in [0.1, 0.15) is 11.3 Å². The number of likely N-dealkylation sites (tertiary alicyclic amines) is 2. The molecule has 1 aromatic rings. The van der Waals surface area contributed by atoms with E-state index in [-0.39, 0.29) is 28.6 Å². The zero-order chi connectivity index (χ0) is 19.9. The average molecular weight is 388 g/mol. The predicted octanol–water partition coefficient (Wildman–Crippen LogP) is 2.80. The van der Waals surface area contributed by atoms with Crippen molar-refractivity contribution in [2.24, 2.45) is 11.3 Å². The highest BCUT2D eigenvalue weighted by molar-refractivity contribution is 5.96. The summed E-state index contributed by atoms with van der Waals surface area (Å²) in [6.07, 6.45) is 6.45. The highest BCUT2D eigenvalue weighted by atomic mass is 16.4. The largest absolute Gasteiger partial charge is 0.478 e. The van der Waals surface area contributed by atoms with Gasteiger partial charge in [-0.2, -0.15) is 0 Å². The number of piperidine rings is 2. The summed E-state index contributed by atoms with van der Waals surface area (Å²) in [5.74, 6) is -0.465. The van der Waals surface area contributed by atoms with Crippen LogP contribution in [0, 0.1) is 11.3 Å². The van der Waals surface area contributed by atoms with Gasteiger partial charge in [-0.3, -0.25) is 9.59 Å². The van der Waals surface area contributed by atoms with E-state index in [2.05, 4.69) is 0 Å². The molecule has 7 heteroatoms. The minimum absolute atomic E-state index is 0.0636. The van der Waals surface area contributed by atoms with Crippen LogP contribution in [-0.4, -0.2) is 58.9 Å². The lowest BCUT2D eigenvalue weighted by atomic mass is 9.90. The lowest BCUT2D eigenvalue weighted by Crippen LogP contribution is -2.42. The highest BCUT2D eigenvalue weighted by Gasteiger charge is 2.59. The number of rotatable bonds is 4. The lowest BCUT2D eigenvalue weighted by Gasteiger charge is -2.33. The number of furan rings is 1. The molecule has 1 saturated carbocycles. The number of aryl methyl sites for hydroxylation is 1. The van der Waals surface area contributed by atoms with Crippen molar-refractivity contribution in [3.63, 3.8) is 0 Å². The zero-order valence-electron chi connectivity index (χ0n) is 16.4. The smallest absolute Gasteiger partial charge is 0.339 e. The van der Waals surface area contributed by atoms with Gasteiger partial charge in [0.15, 0.2) is 5.76 Å². The molecular weight excluding hydrogens is 360 g/mol. The van der Waals surface area contributed by atoms with Crippen molar-refractivity contribution in [2.75, 3.05) is 26.2 Å². The van der Waals surface area contributed by atoms with Crippen molar-refractivity contribution in [1.82, 2.24) is 9.80 Å². The molecule has 3 fully saturated rings. The summed E-state index contributed by atoms with van der Waals surface area (Å²) in [5.41, 5.74) is 0.128. The molecule has 2 saturated heterocycles. The summed E-state index contributed by atoms with van der Waals surface area (Å²) in [4.78, 5) is 40.6. The standard InChI is InChI=1S/C21H28N2O5/c1-2-16-14(20(26)27)12-17(28-16)19(25)23-10-6-21(7-11-23)13-15(21)18(24)22-8-4-3-5-9-22/h12,15H,2-11,13H2,1H3,(H,26,27). The lowest BCUT2D eigenvalue weighted by molar-refractivity contribution is -0.134. The maximum absolute atomic E-state index is 12.8. The van der Waals surface area contributed by atoms with Gasteiger partial charge < -0.3 is 19.3 Å². The summed E-state index contributed by atoms with van der Waals surface area (Å²) >= 11 is 0. The Hall–Kier alpha value is -2.31. The molecule has 2 aliphatic heterocycles. The third kappa shape index (κ3) is 3.31. The van der Waals surface area contributed by atoms with Crippen molar-refractivity contribution in [3.8, 4) is 0 Å². The van der Waals surface area contributed by atoms with E-state index in [1.807, 2.05) is 4.90 Å². The Morgan fingerprint density at radius 2 is 1.79 bits per heavy atom. The quantitative estimate of drug-likeness (QED) is 0.856. The second-order valence-corrected chi connectivity index (χ2v) is 8.40. The molecule has 4 rings (SSSR count). The summed E-state index contributed by atoms with van der Waals surface area (Å²) < 4.78 is 5.51. The van der Waals surface area contributed by atoms with Gasteiger partial charge in [-0.25, -0.2) is 4.79 Å². The zero-order valence-corrected chi connectivity index (χ0v) is 16.4. The fourth-order valence-corrected chi connectivity index (χ4v) is 4.87. The Bertz CT molecular complexity index is 785. The number of hydrogen-bond donors (Lipinski definition) is 1. The van der Waals surface area contributed by atoms with Crippen LogP contribution in [0.15, 0.2) is 10.5 Å². The Balaban J connectivity index is 1.36. The SMILES string of the molecule is CCc1oc(C(=O)N2CCC3(CC2)CC3C(=O)N2CCCCC2)cc1C(=O)O. The first-order chi connectivity index (χ1) is 13.4. The summed E-state index contributed by atoms with van der Waals surface area (Å²) in [7, 11) is 0. The van der Waals surface area contributed by atoms with Crippen LogP contribution in [0.25, 0.3) is 0 Å². The van der Waals surface area contributed by atoms with Crippen LogP contribution in [0.5, 0.6) is 0 Å². The van der Waals surface area contributed by atoms with Gasteiger partial charge >= 0.3 is 5.97 Å². The van der Waals surface area contributed by atoms with Gasteiger partial charge in [0.05, 0.1) is 0 Å². The fourth-order valence-electron chi connectivity index (χ4n) is 4.87. The summed E-state index contributed by atoms with van der Waals surface area (Å²) in [5, 5.41) is 9.25. The van der Waals surface area contributed by atoms with E-state index < -0.39 is 5.97 Å². The number of nitrogens with zero attached hydrogens (tertiary/aromatic N) is 2. The molecule has 0 bridgehead atoms. The molecule has 28 heavy (non-hydrogen) atoms. The Labute approximate surface area is 164 Å². The summed E-state index contributed by atoms with van der Waals surface area (Å²) in [6, 6.07) is 1.34. The normalized spacial score (nSPS) is 23.7. The minimum atomic E-state index is -1.07. The van der Waals surface area contributed by atoms with E-state index in [0.717, 1.165) is 45.2 Å². The first-order valence-electron chi connectivity index (χ1n) is 10.4. The first-order valence-corrected chi connectivity index (χ1v) is 10.4. The molecular formula is C21H28N2O5. The van der Waals surface area contributed by atoms with Crippen LogP contribution >= 0.6 is 0 Å².